The zero-order valence-electron chi connectivity index (χ0n) is 12.8. The van der Waals surface area contributed by atoms with Crippen molar-refractivity contribution < 1.29 is 28.9 Å². The van der Waals surface area contributed by atoms with Gasteiger partial charge in [-0.1, -0.05) is 30.3 Å². The van der Waals surface area contributed by atoms with Crippen molar-refractivity contribution in [3.63, 3.8) is 0 Å². The maximum Gasteiger partial charge on any atom is 0.326 e. The molecule has 0 spiro atoms. The van der Waals surface area contributed by atoms with Crippen LogP contribution in [0.2, 0.25) is 0 Å². The van der Waals surface area contributed by atoms with E-state index >= 15 is 0 Å². The molecule has 0 aromatic heterocycles. The molecule has 0 saturated carbocycles. The molecule has 3 heterocycles. The number of urea groups is 1. The van der Waals surface area contributed by atoms with Gasteiger partial charge >= 0.3 is 6.03 Å². The summed E-state index contributed by atoms with van der Waals surface area (Å²) >= 11 is 0. The number of nitrogens with zero attached hydrogens (tertiary/aromatic N) is 1. The number of imide groups is 1. The van der Waals surface area contributed by atoms with Crippen LogP contribution >= 0.6 is 0 Å². The molecule has 1 aromatic carbocycles. The number of hydrogen-bond acceptors (Lipinski definition) is 6. The number of fused-ring (bicyclic) bond motifs is 1. The van der Waals surface area contributed by atoms with Crippen LogP contribution in [0.4, 0.5) is 4.79 Å². The summed E-state index contributed by atoms with van der Waals surface area (Å²) in [5.74, 6) is -0.310. The van der Waals surface area contributed by atoms with Gasteiger partial charge in [0, 0.05) is 18.5 Å². The number of carbonyl (C=O) groups excluding carboxylic acids is 2. The van der Waals surface area contributed by atoms with Crippen LogP contribution in [0.15, 0.2) is 30.3 Å². The average Bonchev–Trinajstić information content (AvgIpc) is 3.15. The van der Waals surface area contributed by atoms with Crippen LogP contribution < -0.4 is 5.32 Å². The van der Waals surface area contributed by atoms with Crippen LogP contribution in [0.5, 0.6) is 0 Å². The number of rotatable bonds is 3. The highest BCUT2D eigenvalue weighted by atomic mass is 16.8. The fraction of sp³-hybridized carbons (Fsp3) is 0.500. The molecule has 24 heavy (non-hydrogen) atoms. The predicted octanol–water partition coefficient (Wildman–Crippen LogP) is 0.128. The lowest BCUT2D eigenvalue weighted by Gasteiger charge is -2.33. The molecule has 3 amide bonds. The Morgan fingerprint density at radius 3 is 2.58 bits per heavy atom. The highest BCUT2D eigenvalue weighted by Gasteiger charge is 2.55. The molecule has 5 atom stereocenters. The maximum atomic E-state index is 12.1. The maximum absolute atomic E-state index is 12.1. The third-order valence-electron chi connectivity index (χ3n) is 4.49. The fourth-order valence-electron chi connectivity index (χ4n) is 3.32. The molecule has 1 aromatic rings. The second-order valence-corrected chi connectivity index (χ2v) is 5.99. The van der Waals surface area contributed by atoms with E-state index in [1.165, 1.54) is 4.90 Å². The third-order valence-corrected chi connectivity index (χ3v) is 4.49. The summed E-state index contributed by atoms with van der Waals surface area (Å²) in [5.41, 5.74) is 0.862. The Kier molecular flexibility index (Phi) is 3.97. The Labute approximate surface area is 138 Å². The molecule has 3 saturated heterocycles. The van der Waals surface area contributed by atoms with Crippen molar-refractivity contribution in [3.8, 4) is 0 Å². The summed E-state index contributed by atoms with van der Waals surface area (Å²) < 4.78 is 17.7. The van der Waals surface area contributed by atoms with Gasteiger partial charge in [-0.2, -0.15) is 0 Å². The van der Waals surface area contributed by atoms with Crippen molar-refractivity contribution in [3.05, 3.63) is 35.9 Å². The highest BCUT2D eigenvalue weighted by molar-refractivity contribution is 5.96. The molecule has 3 aliphatic rings. The topological polar surface area (TPSA) is 97.3 Å². The number of aliphatic hydroxyl groups is 1. The van der Waals surface area contributed by atoms with E-state index in [1.807, 2.05) is 30.3 Å². The van der Waals surface area contributed by atoms with Gasteiger partial charge in [-0.3, -0.25) is 15.0 Å². The van der Waals surface area contributed by atoms with Gasteiger partial charge in [0.1, 0.15) is 18.3 Å². The van der Waals surface area contributed by atoms with Crippen LogP contribution in [0.1, 0.15) is 18.3 Å². The van der Waals surface area contributed by atoms with Crippen molar-refractivity contribution in [1.82, 2.24) is 10.2 Å². The smallest absolute Gasteiger partial charge is 0.326 e. The van der Waals surface area contributed by atoms with Gasteiger partial charge in [-0.15, -0.1) is 0 Å². The van der Waals surface area contributed by atoms with E-state index in [1.54, 1.807) is 0 Å². The lowest BCUT2D eigenvalue weighted by atomic mass is 10.1. The predicted molar refractivity (Wildman–Crippen MR) is 79.5 cm³/mol. The Bertz CT molecular complexity index is 639. The molecule has 0 aliphatic carbocycles. The molecule has 0 bridgehead atoms. The van der Waals surface area contributed by atoms with Gasteiger partial charge in [-0.05, 0) is 0 Å². The Hall–Kier alpha value is -2.00. The minimum absolute atomic E-state index is 0.204. The van der Waals surface area contributed by atoms with E-state index in [9.17, 15) is 14.7 Å². The number of benzene rings is 1. The average molecular weight is 334 g/mol. The number of carbonyl (C=O) groups is 2. The van der Waals surface area contributed by atoms with Gasteiger partial charge in [0.05, 0.1) is 6.61 Å². The van der Waals surface area contributed by atoms with E-state index in [0.717, 1.165) is 5.56 Å². The van der Waals surface area contributed by atoms with Crippen LogP contribution in [-0.4, -0.2) is 59.6 Å². The largest absolute Gasteiger partial charge is 0.394 e. The first-order valence-electron chi connectivity index (χ1n) is 7.90. The molecule has 3 aliphatic heterocycles. The zero-order valence-corrected chi connectivity index (χ0v) is 12.8. The van der Waals surface area contributed by atoms with Gasteiger partial charge in [0.15, 0.2) is 12.5 Å². The Morgan fingerprint density at radius 1 is 1.12 bits per heavy atom. The summed E-state index contributed by atoms with van der Waals surface area (Å²) in [6.45, 7) is 0.00694. The van der Waals surface area contributed by atoms with Gasteiger partial charge in [0.2, 0.25) is 5.91 Å². The quantitative estimate of drug-likeness (QED) is 0.815. The van der Waals surface area contributed by atoms with E-state index in [2.05, 4.69) is 5.32 Å². The Balaban J connectivity index is 1.55. The van der Waals surface area contributed by atoms with Crippen molar-refractivity contribution in [2.24, 2.45) is 0 Å². The number of amides is 3. The van der Waals surface area contributed by atoms with E-state index in [-0.39, 0.29) is 25.5 Å². The molecule has 4 rings (SSSR count). The molecule has 3 fully saturated rings. The normalized spacial score (nSPS) is 35.9. The molecule has 2 N–H and O–H groups in total. The molecule has 0 radical (unpaired) electrons. The van der Waals surface area contributed by atoms with E-state index in [0.29, 0.717) is 0 Å². The number of ether oxygens (including phenoxy) is 3. The van der Waals surface area contributed by atoms with E-state index in [4.69, 9.17) is 14.2 Å². The summed E-state index contributed by atoms with van der Waals surface area (Å²) in [6, 6.07) is 8.94. The number of hydrogen-bond donors (Lipinski definition) is 2. The standard InChI is InChI=1S/C16H18N2O6/c19-8-10-12-13(24-15(23-12)9-4-2-1-3-5-9)14(22-10)18-7-6-11(20)17-16(18)21/h1-5,10,12-15,19H,6-8H2,(H,17,20,21)/t10-,12-,13-,14-,15?/m1/s1. The second-order valence-electron chi connectivity index (χ2n) is 5.99. The molecular weight excluding hydrogens is 316 g/mol. The van der Waals surface area contributed by atoms with Crippen molar-refractivity contribution >= 4 is 11.9 Å². The van der Waals surface area contributed by atoms with Crippen molar-refractivity contribution in [2.45, 2.75) is 37.3 Å². The Morgan fingerprint density at radius 2 is 1.88 bits per heavy atom. The minimum atomic E-state index is -0.700. The molecule has 1 unspecified atom stereocenters. The van der Waals surface area contributed by atoms with Gasteiger partial charge < -0.3 is 19.3 Å². The SMILES string of the molecule is O=C1CCN([C@@H]2O[C@H](CO)[C@H]3OC(c4ccccc4)O[C@H]32)C(=O)N1. The molecule has 8 heteroatoms. The number of aliphatic hydroxyl groups excluding tert-OH is 1. The minimum Gasteiger partial charge on any atom is -0.394 e. The fourth-order valence-corrected chi connectivity index (χ4v) is 3.32. The molecular formula is C16H18N2O6. The molecule has 8 nitrogen and oxygen atoms in total. The molecule has 128 valence electrons. The first-order valence-corrected chi connectivity index (χ1v) is 7.90. The first-order chi connectivity index (χ1) is 11.7. The van der Waals surface area contributed by atoms with Gasteiger partial charge in [0.25, 0.3) is 0 Å². The second kappa shape index (κ2) is 6.14. The summed E-state index contributed by atoms with van der Waals surface area (Å²) in [6.07, 6.45) is -2.65. The van der Waals surface area contributed by atoms with Crippen molar-refractivity contribution in [1.29, 1.82) is 0 Å². The summed E-state index contributed by atoms with van der Waals surface area (Å²) in [4.78, 5) is 24.8. The lowest BCUT2D eigenvalue weighted by molar-refractivity contribution is -0.164. The van der Waals surface area contributed by atoms with Crippen LogP contribution in [-0.2, 0) is 19.0 Å². The number of nitrogens with one attached hydrogen (secondary N) is 1. The van der Waals surface area contributed by atoms with Crippen LogP contribution in [0.3, 0.4) is 0 Å². The van der Waals surface area contributed by atoms with E-state index < -0.39 is 36.9 Å². The van der Waals surface area contributed by atoms with Crippen LogP contribution in [0.25, 0.3) is 0 Å². The van der Waals surface area contributed by atoms with Crippen molar-refractivity contribution in [2.75, 3.05) is 13.2 Å². The van der Waals surface area contributed by atoms with Crippen LogP contribution in [0, 0.1) is 0 Å². The highest BCUT2D eigenvalue weighted by Crippen LogP contribution is 2.41. The summed E-state index contributed by atoms with van der Waals surface area (Å²) in [7, 11) is 0. The third kappa shape index (κ3) is 2.57. The monoisotopic (exact) mass is 334 g/mol. The summed E-state index contributed by atoms with van der Waals surface area (Å²) in [5, 5.41) is 11.8. The van der Waals surface area contributed by atoms with Gasteiger partial charge in [-0.25, -0.2) is 4.79 Å². The zero-order chi connectivity index (χ0) is 16.7. The lowest BCUT2D eigenvalue weighted by Crippen LogP contribution is -2.56. The first kappa shape index (κ1) is 15.5.